The predicted octanol–water partition coefficient (Wildman–Crippen LogP) is 2.70. The standard InChI is InChI=1S/C19H24N6O2/c1-5-27-16-8-6-15(7-9-16)14(4)22-19(26)20-11-17-23-24-18-21-12(2)10-13(3)25(17)18/h6-10,14H,5,11H2,1-4H3,(H2,20,22,26)/t14-/m0/s1. The summed E-state index contributed by atoms with van der Waals surface area (Å²) >= 11 is 0. The Morgan fingerprint density at radius 1 is 1.22 bits per heavy atom. The summed E-state index contributed by atoms with van der Waals surface area (Å²) in [4.78, 5) is 16.6. The first kappa shape index (κ1) is 18.6. The van der Waals surface area contributed by atoms with Gasteiger partial charge in [0, 0.05) is 11.4 Å². The van der Waals surface area contributed by atoms with Gasteiger partial charge in [-0.15, -0.1) is 10.2 Å². The molecule has 0 radical (unpaired) electrons. The quantitative estimate of drug-likeness (QED) is 0.698. The fourth-order valence-electron chi connectivity index (χ4n) is 2.92. The number of nitrogens with zero attached hydrogens (tertiary/aromatic N) is 4. The smallest absolute Gasteiger partial charge is 0.315 e. The van der Waals surface area contributed by atoms with Crippen molar-refractivity contribution in [3.05, 3.63) is 53.1 Å². The molecule has 8 nitrogen and oxygen atoms in total. The lowest BCUT2D eigenvalue weighted by atomic mass is 10.1. The number of aromatic nitrogens is 4. The molecule has 1 aromatic carbocycles. The van der Waals surface area contributed by atoms with Gasteiger partial charge < -0.3 is 15.4 Å². The Kier molecular flexibility index (Phi) is 5.54. The highest BCUT2D eigenvalue weighted by Gasteiger charge is 2.13. The molecule has 3 rings (SSSR count). The van der Waals surface area contributed by atoms with E-state index < -0.39 is 0 Å². The normalized spacial score (nSPS) is 12.0. The van der Waals surface area contributed by atoms with E-state index in [0.717, 1.165) is 22.7 Å². The summed E-state index contributed by atoms with van der Waals surface area (Å²) in [6.45, 7) is 8.63. The van der Waals surface area contributed by atoms with Gasteiger partial charge in [0.25, 0.3) is 5.78 Å². The summed E-state index contributed by atoms with van der Waals surface area (Å²) < 4.78 is 7.27. The van der Waals surface area contributed by atoms with Crippen molar-refractivity contribution in [2.75, 3.05) is 6.61 Å². The van der Waals surface area contributed by atoms with Gasteiger partial charge in [-0.3, -0.25) is 4.40 Å². The number of nitrogens with one attached hydrogen (secondary N) is 2. The first-order chi connectivity index (χ1) is 13.0. The molecular formula is C19H24N6O2. The number of carbonyl (C=O) groups excluding carboxylic acids is 1. The average molecular weight is 368 g/mol. The lowest BCUT2D eigenvalue weighted by molar-refractivity contribution is 0.237. The van der Waals surface area contributed by atoms with Crippen molar-refractivity contribution < 1.29 is 9.53 Å². The number of hydrogen-bond donors (Lipinski definition) is 2. The molecule has 0 bridgehead atoms. The summed E-state index contributed by atoms with van der Waals surface area (Å²) in [6.07, 6.45) is 0. The minimum Gasteiger partial charge on any atom is -0.494 e. The molecule has 0 fully saturated rings. The maximum Gasteiger partial charge on any atom is 0.315 e. The molecule has 3 aromatic rings. The number of carbonyl (C=O) groups is 1. The molecule has 0 saturated heterocycles. The Morgan fingerprint density at radius 3 is 2.67 bits per heavy atom. The minimum absolute atomic E-state index is 0.137. The van der Waals surface area contributed by atoms with Crippen molar-refractivity contribution in [3.63, 3.8) is 0 Å². The Labute approximate surface area is 158 Å². The maximum atomic E-state index is 12.2. The zero-order valence-electron chi connectivity index (χ0n) is 16.0. The average Bonchev–Trinajstić information content (AvgIpc) is 3.04. The molecule has 0 unspecified atom stereocenters. The van der Waals surface area contributed by atoms with E-state index in [1.54, 1.807) is 0 Å². The third-order valence-corrected chi connectivity index (χ3v) is 4.21. The van der Waals surface area contributed by atoms with E-state index in [9.17, 15) is 4.79 Å². The van der Waals surface area contributed by atoms with Crippen LogP contribution in [-0.4, -0.2) is 32.2 Å². The second-order valence-electron chi connectivity index (χ2n) is 6.34. The molecule has 0 aliphatic carbocycles. The van der Waals surface area contributed by atoms with Crippen LogP contribution in [-0.2, 0) is 6.54 Å². The number of hydrogen-bond acceptors (Lipinski definition) is 5. The van der Waals surface area contributed by atoms with Gasteiger partial charge in [0.15, 0.2) is 5.82 Å². The van der Waals surface area contributed by atoms with Crippen molar-refractivity contribution in [2.24, 2.45) is 0 Å². The number of urea groups is 1. The SMILES string of the molecule is CCOc1ccc([C@H](C)NC(=O)NCc2nnc3nc(C)cc(C)n23)cc1. The largest absolute Gasteiger partial charge is 0.494 e. The lowest BCUT2D eigenvalue weighted by Crippen LogP contribution is -2.37. The number of benzene rings is 1. The van der Waals surface area contributed by atoms with Crippen molar-refractivity contribution in [3.8, 4) is 5.75 Å². The number of fused-ring (bicyclic) bond motifs is 1. The van der Waals surface area contributed by atoms with E-state index in [-0.39, 0.29) is 18.6 Å². The number of aryl methyl sites for hydroxylation is 2. The van der Waals surface area contributed by atoms with Crippen LogP contribution in [0.15, 0.2) is 30.3 Å². The highest BCUT2D eigenvalue weighted by atomic mass is 16.5. The molecule has 27 heavy (non-hydrogen) atoms. The highest BCUT2D eigenvalue weighted by molar-refractivity contribution is 5.74. The van der Waals surface area contributed by atoms with E-state index in [4.69, 9.17) is 4.74 Å². The zero-order valence-corrected chi connectivity index (χ0v) is 16.0. The second kappa shape index (κ2) is 8.03. The Balaban J connectivity index is 1.59. The van der Waals surface area contributed by atoms with Crippen molar-refractivity contribution in [1.29, 1.82) is 0 Å². The monoisotopic (exact) mass is 368 g/mol. The summed E-state index contributed by atoms with van der Waals surface area (Å²) in [5.41, 5.74) is 2.85. The molecule has 8 heteroatoms. The van der Waals surface area contributed by atoms with Crippen molar-refractivity contribution >= 4 is 11.8 Å². The molecule has 2 N–H and O–H groups in total. The minimum atomic E-state index is -0.272. The first-order valence-electron chi connectivity index (χ1n) is 8.93. The van der Waals surface area contributed by atoms with Crippen LogP contribution >= 0.6 is 0 Å². The summed E-state index contributed by atoms with van der Waals surface area (Å²) in [5, 5.41) is 13.9. The van der Waals surface area contributed by atoms with Crippen LogP contribution in [0.3, 0.4) is 0 Å². The molecule has 2 heterocycles. The number of ether oxygens (including phenoxy) is 1. The Morgan fingerprint density at radius 2 is 1.96 bits per heavy atom. The first-order valence-corrected chi connectivity index (χ1v) is 8.93. The molecule has 1 atom stereocenters. The molecule has 2 amide bonds. The van der Waals surface area contributed by atoms with Crippen LogP contribution in [0.1, 0.15) is 42.7 Å². The molecule has 0 spiro atoms. The van der Waals surface area contributed by atoms with Crippen molar-refractivity contribution in [2.45, 2.75) is 40.3 Å². The summed E-state index contributed by atoms with van der Waals surface area (Å²) in [5.74, 6) is 1.99. The van der Waals surface area contributed by atoms with Gasteiger partial charge in [0.05, 0.1) is 19.2 Å². The van der Waals surface area contributed by atoms with Crippen LogP contribution in [0.5, 0.6) is 5.75 Å². The topological polar surface area (TPSA) is 93.4 Å². The van der Waals surface area contributed by atoms with Crippen LogP contribution in [0.25, 0.3) is 5.78 Å². The van der Waals surface area contributed by atoms with E-state index in [0.29, 0.717) is 18.2 Å². The lowest BCUT2D eigenvalue weighted by Gasteiger charge is -2.15. The summed E-state index contributed by atoms with van der Waals surface area (Å²) in [6, 6.07) is 9.23. The fourth-order valence-corrected chi connectivity index (χ4v) is 2.92. The molecule has 0 aliphatic rings. The van der Waals surface area contributed by atoms with Crippen molar-refractivity contribution in [1.82, 2.24) is 30.2 Å². The van der Waals surface area contributed by atoms with Gasteiger partial charge in [-0.25, -0.2) is 9.78 Å². The predicted molar refractivity (Wildman–Crippen MR) is 102 cm³/mol. The molecule has 0 aliphatic heterocycles. The van der Waals surface area contributed by atoms with Crippen LogP contribution in [0.4, 0.5) is 4.79 Å². The number of amides is 2. The van der Waals surface area contributed by atoms with E-state index in [1.807, 2.05) is 62.4 Å². The van der Waals surface area contributed by atoms with Crippen LogP contribution in [0.2, 0.25) is 0 Å². The van der Waals surface area contributed by atoms with Gasteiger partial charge in [0.1, 0.15) is 5.75 Å². The van der Waals surface area contributed by atoms with E-state index >= 15 is 0 Å². The van der Waals surface area contributed by atoms with Crippen LogP contribution in [0, 0.1) is 13.8 Å². The Bertz CT molecular complexity index is 935. The number of rotatable bonds is 6. The van der Waals surface area contributed by atoms with Gasteiger partial charge >= 0.3 is 6.03 Å². The van der Waals surface area contributed by atoms with E-state index in [1.165, 1.54) is 0 Å². The maximum absolute atomic E-state index is 12.2. The second-order valence-corrected chi connectivity index (χ2v) is 6.34. The molecule has 2 aromatic heterocycles. The zero-order chi connectivity index (χ0) is 19.4. The Hall–Kier alpha value is -3.16. The summed E-state index contributed by atoms with van der Waals surface area (Å²) in [7, 11) is 0. The molecular weight excluding hydrogens is 344 g/mol. The molecule has 142 valence electrons. The third kappa shape index (κ3) is 4.33. The van der Waals surface area contributed by atoms with Gasteiger partial charge in [-0.2, -0.15) is 0 Å². The van der Waals surface area contributed by atoms with Gasteiger partial charge in [-0.1, -0.05) is 12.1 Å². The van der Waals surface area contributed by atoms with Crippen LogP contribution < -0.4 is 15.4 Å². The molecule has 0 saturated carbocycles. The van der Waals surface area contributed by atoms with Gasteiger partial charge in [0.2, 0.25) is 0 Å². The highest BCUT2D eigenvalue weighted by Crippen LogP contribution is 2.17. The third-order valence-electron chi connectivity index (χ3n) is 4.21. The van der Waals surface area contributed by atoms with E-state index in [2.05, 4.69) is 25.8 Å². The fraction of sp³-hybridized carbons (Fsp3) is 0.368. The van der Waals surface area contributed by atoms with Gasteiger partial charge in [-0.05, 0) is 51.5 Å².